The van der Waals surface area contributed by atoms with Crippen molar-refractivity contribution in [2.24, 2.45) is 4.99 Å². The smallest absolute Gasteiger partial charge is 0.241 e. The Morgan fingerprint density at radius 3 is 2.92 bits per heavy atom. The summed E-state index contributed by atoms with van der Waals surface area (Å²) in [7, 11) is 3.50. The van der Waals surface area contributed by atoms with Gasteiger partial charge in [0, 0.05) is 27.1 Å². The molecule has 1 aliphatic rings. The van der Waals surface area contributed by atoms with Gasteiger partial charge in [0.05, 0.1) is 12.4 Å². The van der Waals surface area contributed by atoms with E-state index in [9.17, 15) is 4.79 Å². The van der Waals surface area contributed by atoms with E-state index in [4.69, 9.17) is 0 Å². The van der Waals surface area contributed by atoms with Crippen LogP contribution < -0.4 is 5.32 Å². The number of amides is 1. The number of aliphatic imine (C=N–C) groups is 1. The second-order valence-electron chi connectivity index (χ2n) is 3.07. The van der Waals surface area contributed by atoms with Gasteiger partial charge in [0.1, 0.15) is 0 Å². The summed E-state index contributed by atoms with van der Waals surface area (Å²) >= 11 is 0. The van der Waals surface area contributed by atoms with Gasteiger partial charge in [-0.2, -0.15) is 0 Å². The highest BCUT2D eigenvalue weighted by atomic mass is 16.2. The molecule has 12 heavy (non-hydrogen) atoms. The summed E-state index contributed by atoms with van der Waals surface area (Å²) < 4.78 is 0. The zero-order valence-corrected chi connectivity index (χ0v) is 7.63. The van der Waals surface area contributed by atoms with Gasteiger partial charge in [-0.1, -0.05) is 0 Å². The molecule has 0 aromatic heterocycles. The van der Waals surface area contributed by atoms with Crippen LogP contribution in [-0.2, 0) is 4.79 Å². The minimum atomic E-state index is 0.0876. The summed E-state index contributed by atoms with van der Waals surface area (Å²) in [5.74, 6) is 1.06. The Labute approximate surface area is 72.7 Å². The first-order valence-corrected chi connectivity index (χ1v) is 4.17. The van der Waals surface area contributed by atoms with Crippen LogP contribution in [0.25, 0.3) is 0 Å². The summed E-state index contributed by atoms with van der Waals surface area (Å²) in [5, 5.41) is 3.02. The molecule has 1 N–H and O–H groups in total. The number of amidine groups is 1. The van der Waals surface area contributed by atoms with E-state index in [0.29, 0.717) is 6.54 Å². The molecule has 1 amide bonds. The third-order valence-corrected chi connectivity index (χ3v) is 1.82. The SMILES string of the molecule is CN(C)C(=O)CNC1=NCCC1. The Morgan fingerprint density at radius 2 is 2.42 bits per heavy atom. The average molecular weight is 169 g/mol. The zero-order chi connectivity index (χ0) is 8.97. The van der Waals surface area contributed by atoms with E-state index in [0.717, 1.165) is 25.2 Å². The van der Waals surface area contributed by atoms with Crippen LogP contribution in [0.4, 0.5) is 0 Å². The van der Waals surface area contributed by atoms with Crippen molar-refractivity contribution in [3.8, 4) is 0 Å². The molecular weight excluding hydrogens is 154 g/mol. The zero-order valence-electron chi connectivity index (χ0n) is 7.63. The highest BCUT2D eigenvalue weighted by molar-refractivity contribution is 5.88. The first-order chi connectivity index (χ1) is 5.70. The van der Waals surface area contributed by atoms with Crippen LogP contribution in [0.1, 0.15) is 12.8 Å². The molecule has 0 atom stereocenters. The Bertz CT molecular complexity index is 198. The van der Waals surface area contributed by atoms with Gasteiger partial charge in [-0.15, -0.1) is 0 Å². The maximum absolute atomic E-state index is 11.1. The third kappa shape index (κ3) is 2.53. The molecule has 0 spiro atoms. The number of hydrogen-bond acceptors (Lipinski definition) is 3. The molecule has 4 heteroatoms. The molecule has 0 fully saturated rings. The maximum Gasteiger partial charge on any atom is 0.241 e. The van der Waals surface area contributed by atoms with Gasteiger partial charge in [-0.25, -0.2) is 0 Å². The molecule has 0 radical (unpaired) electrons. The van der Waals surface area contributed by atoms with Crippen molar-refractivity contribution in [2.45, 2.75) is 12.8 Å². The molecule has 4 nitrogen and oxygen atoms in total. The molecule has 1 rings (SSSR count). The second-order valence-corrected chi connectivity index (χ2v) is 3.07. The monoisotopic (exact) mass is 169 g/mol. The molecule has 1 heterocycles. The quantitative estimate of drug-likeness (QED) is 0.625. The number of hydrogen-bond donors (Lipinski definition) is 1. The lowest BCUT2D eigenvalue weighted by molar-refractivity contribution is -0.127. The lowest BCUT2D eigenvalue weighted by Crippen LogP contribution is -2.35. The molecule has 0 bridgehead atoms. The van der Waals surface area contributed by atoms with Gasteiger partial charge >= 0.3 is 0 Å². The molecule has 0 saturated carbocycles. The van der Waals surface area contributed by atoms with Crippen LogP contribution in [0.15, 0.2) is 4.99 Å². The summed E-state index contributed by atoms with van der Waals surface area (Å²) in [4.78, 5) is 16.9. The Hall–Kier alpha value is -1.06. The van der Waals surface area contributed by atoms with Crippen molar-refractivity contribution in [1.82, 2.24) is 10.2 Å². The van der Waals surface area contributed by atoms with Gasteiger partial charge in [-0.05, 0) is 6.42 Å². The topological polar surface area (TPSA) is 44.7 Å². The molecule has 0 aromatic carbocycles. The van der Waals surface area contributed by atoms with Crippen molar-refractivity contribution < 1.29 is 4.79 Å². The van der Waals surface area contributed by atoms with Crippen molar-refractivity contribution in [1.29, 1.82) is 0 Å². The fourth-order valence-corrected chi connectivity index (χ4v) is 1.02. The van der Waals surface area contributed by atoms with E-state index >= 15 is 0 Å². The largest absolute Gasteiger partial charge is 0.365 e. The molecule has 0 unspecified atom stereocenters. The van der Waals surface area contributed by atoms with Gasteiger partial charge in [-0.3, -0.25) is 9.79 Å². The highest BCUT2D eigenvalue weighted by Gasteiger charge is 2.08. The lowest BCUT2D eigenvalue weighted by Gasteiger charge is -2.11. The molecule has 0 aromatic rings. The van der Waals surface area contributed by atoms with Gasteiger partial charge in [0.25, 0.3) is 0 Å². The number of likely N-dealkylation sites (N-methyl/N-ethyl adjacent to an activating group) is 1. The van der Waals surface area contributed by atoms with E-state index in [1.807, 2.05) is 0 Å². The van der Waals surface area contributed by atoms with Crippen LogP contribution in [-0.4, -0.2) is 43.8 Å². The van der Waals surface area contributed by atoms with Crippen molar-refractivity contribution in [2.75, 3.05) is 27.2 Å². The summed E-state index contributed by atoms with van der Waals surface area (Å²) in [5.41, 5.74) is 0. The average Bonchev–Trinajstić information content (AvgIpc) is 2.51. The first-order valence-electron chi connectivity index (χ1n) is 4.17. The lowest BCUT2D eigenvalue weighted by atomic mass is 10.3. The van der Waals surface area contributed by atoms with E-state index < -0.39 is 0 Å². The van der Waals surface area contributed by atoms with Crippen LogP contribution in [0.5, 0.6) is 0 Å². The first kappa shape index (κ1) is 9.03. The van der Waals surface area contributed by atoms with Crippen LogP contribution in [0.3, 0.4) is 0 Å². The number of rotatable bonds is 2. The Balaban J connectivity index is 2.21. The second kappa shape index (κ2) is 4.09. The number of carbonyl (C=O) groups is 1. The highest BCUT2D eigenvalue weighted by Crippen LogP contribution is 2.00. The van der Waals surface area contributed by atoms with Crippen LogP contribution >= 0.6 is 0 Å². The fraction of sp³-hybridized carbons (Fsp3) is 0.750. The van der Waals surface area contributed by atoms with E-state index in [1.165, 1.54) is 0 Å². The molecule has 68 valence electrons. The normalized spacial score (nSPS) is 15.7. The summed E-state index contributed by atoms with van der Waals surface area (Å²) in [6.45, 7) is 1.27. The minimum Gasteiger partial charge on any atom is -0.365 e. The van der Waals surface area contributed by atoms with Crippen LogP contribution in [0.2, 0.25) is 0 Å². The number of carbonyl (C=O) groups excluding carboxylic acids is 1. The van der Waals surface area contributed by atoms with Crippen molar-refractivity contribution in [3.05, 3.63) is 0 Å². The molecule has 0 saturated heterocycles. The van der Waals surface area contributed by atoms with Gasteiger partial charge in [0.2, 0.25) is 5.91 Å². The Morgan fingerprint density at radius 1 is 1.67 bits per heavy atom. The van der Waals surface area contributed by atoms with Gasteiger partial charge in [0.15, 0.2) is 0 Å². The predicted molar refractivity (Wildman–Crippen MR) is 48.2 cm³/mol. The van der Waals surface area contributed by atoms with Crippen molar-refractivity contribution >= 4 is 11.7 Å². The van der Waals surface area contributed by atoms with Gasteiger partial charge < -0.3 is 10.2 Å². The molecule has 0 aliphatic carbocycles. The summed E-state index contributed by atoms with van der Waals surface area (Å²) in [6.07, 6.45) is 2.10. The van der Waals surface area contributed by atoms with E-state index in [2.05, 4.69) is 10.3 Å². The predicted octanol–water partition coefficient (Wildman–Crippen LogP) is -0.143. The summed E-state index contributed by atoms with van der Waals surface area (Å²) in [6, 6.07) is 0. The Kier molecular flexibility index (Phi) is 3.08. The third-order valence-electron chi connectivity index (χ3n) is 1.82. The van der Waals surface area contributed by atoms with E-state index in [-0.39, 0.29) is 5.91 Å². The van der Waals surface area contributed by atoms with E-state index in [1.54, 1.807) is 19.0 Å². The maximum atomic E-state index is 11.1. The van der Waals surface area contributed by atoms with Crippen molar-refractivity contribution in [3.63, 3.8) is 0 Å². The van der Waals surface area contributed by atoms with Crippen LogP contribution in [0, 0.1) is 0 Å². The molecule has 1 aliphatic heterocycles. The minimum absolute atomic E-state index is 0.0876. The molecular formula is C8H15N3O. The standard InChI is InChI=1S/C8H15N3O/c1-11(2)8(12)6-10-7-4-3-5-9-7/h3-6H2,1-2H3,(H,9,10). The fourth-order valence-electron chi connectivity index (χ4n) is 1.02. The number of nitrogens with zero attached hydrogens (tertiary/aromatic N) is 2. The number of nitrogens with one attached hydrogen (secondary N) is 1.